The van der Waals surface area contributed by atoms with E-state index in [0.717, 1.165) is 27.7 Å². The largest absolute Gasteiger partial charge is 0.354 e. The maximum absolute atomic E-state index is 11.5. The highest BCUT2D eigenvalue weighted by atomic mass is 16.6. The van der Waals surface area contributed by atoms with Crippen molar-refractivity contribution in [3.8, 4) is 0 Å². The van der Waals surface area contributed by atoms with E-state index >= 15 is 0 Å². The van der Waals surface area contributed by atoms with Gasteiger partial charge in [0.2, 0.25) is 5.76 Å². The van der Waals surface area contributed by atoms with Crippen LogP contribution in [0.3, 0.4) is 0 Å². The molecule has 1 atom stereocenters. The molecule has 0 aliphatic carbocycles. The summed E-state index contributed by atoms with van der Waals surface area (Å²) in [7, 11) is 0. The third-order valence-corrected chi connectivity index (χ3v) is 5.25. The Bertz CT molecular complexity index is 1180. The lowest BCUT2D eigenvalue weighted by Crippen LogP contribution is -2.10. The first-order chi connectivity index (χ1) is 14.0. The first kappa shape index (κ1) is 18.8. The van der Waals surface area contributed by atoms with Crippen molar-refractivity contribution in [2.75, 3.05) is 0 Å². The third-order valence-electron chi connectivity index (χ3n) is 5.25. The van der Waals surface area contributed by atoms with Gasteiger partial charge in [0.1, 0.15) is 0 Å². The summed E-state index contributed by atoms with van der Waals surface area (Å²) >= 11 is 0. The first-order valence-electron chi connectivity index (χ1n) is 9.52. The maximum Gasteiger partial charge on any atom is 0.334 e. The standard InChI is InChI=1S/C23H21N3O3/c1-15-7-3-5-9-20(15)18(14-22-23(26(27)28)16(2)25-29-22)13-19-12-11-17-8-4-6-10-21(17)24-19/h3-12,18H,13-14H2,1-2H3. The van der Waals surface area contributed by atoms with Crippen LogP contribution in [-0.4, -0.2) is 15.1 Å². The number of pyridine rings is 1. The van der Waals surface area contributed by atoms with Crippen LogP contribution < -0.4 is 0 Å². The van der Waals surface area contributed by atoms with E-state index in [2.05, 4.69) is 30.3 Å². The minimum atomic E-state index is -0.412. The normalized spacial score (nSPS) is 12.2. The van der Waals surface area contributed by atoms with Gasteiger partial charge in [0.05, 0.1) is 10.4 Å². The van der Waals surface area contributed by atoms with Crippen LogP contribution in [-0.2, 0) is 12.8 Å². The fraction of sp³-hybridized carbons (Fsp3) is 0.217. The van der Waals surface area contributed by atoms with E-state index in [0.29, 0.717) is 24.3 Å². The Kier molecular flexibility index (Phi) is 5.08. The number of hydrogen-bond donors (Lipinski definition) is 0. The smallest absolute Gasteiger partial charge is 0.334 e. The molecule has 0 saturated heterocycles. The lowest BCUT2D eigenvalue weighted by atomic mass is 9.87. The molecule has 29 heavy (non-hydrogen) atoms. The van der Waals surface area contributed by atoms with Crippen LogP contribution in [0.1, 0.15) is 34.2 Å². The van der Waals surface area contributed by atoms with Crippen LogP contribution in [0, 0.1) is 24.0 Å². The van der Waals surface area contributed by atoms with E-state index < -0.39 is 4.92 Å². The minimum absolute atomic E-state index is 0.0177. The molecule has 4 aromatic rings. The number of aryl methyl sites for hydroxylation is 2. The minimum Gasteiger partial charge on any atom is -0.354 e. The van der Waals surface area contributed by atoms with Crippen LogP contribution in [0.4, 0.5) is 5.69 Å². The molecule has 0 amide bonds. The van der Waals surface area contributed by atoms with E-state index in [9.17, 15) is 10.1 Å². The predicted molar refractivity (Wildman–Crippen MR) is 111 cm³/mol. The molecule has 6 heteroatoms. The van der Waals surface area contributed by atoms with Crippen molar-refractivity contribution in [2.24, 2.45) is 0 Å². The van der Waals surface area contributed by atoms with Crippen molar-refractivity contribution >= 4 is 16.6 Å². The summed E-state index contributed by atoms with van der Waals surface area (Å²) in [4.78, 5) is 15.9. The highest BCUT2D eigenvalue weighted by Crippen LogP contribution is 2.32. The average Bonchev–Trinajstić information content (AvgIpc) is 3.08. The fourth-order valence-electron chi connectivity index (χ4n) is 3.81. The number of para-hydroxylation sites is 1. The van der Waals surface area contributed by atoms with Gasteiger partial charge in [-0.15, -0.1) is 0 Å². The van der Waals surface area contributed by atoms with E-state index in [1.165, 1.54) is 0 Å². The maximum atomic E-state index is 11.5. The average molecular weight is 387 g/mol. The molecule has 0 aliphatic heterocycles. The highest BCUT2D eigenvalue weighted by Gasteiger charge is 2.28. The zero-order valence-electron chi connectivity index (χ0n) is 16.3. The van der Waals surface area contributed by atoms with Crippen molar-refractivity contribution in [1.82, 2.24) is 10.1 Å². The van der Waals surface area contributed by atoms with Gasteiger partial charge in [-0.1, -0.05) is 53.7 Å². The molecule has 6 nitrogen and oxygen atoms in total. The lowest BCUT2D eigenvalue weighted by molar-refractivity contribution is -0.386. The Morgan fingerprint density at radius 2 is 1.76 bits per heavy atom. The van der Waals surface area contributed by atoms with E-state index in [4.69, 9.17) is 9.51 Å². The molecule has 0 fully saturated rings. The summed E-state index contributed by atoms with van der Waals surface area (Å²) in [5.74, 6) is 0.289. The number of nitro groups is 1. The molecular weight excluding hydrogens is 366 g/mol. The van der Waals surface area contributed by atoms with Gasteiger partial charge in [0.25, 0.3) is 0 Å². The van der Waals surface area contributed by atoms with E-state index in [-0.39, 0.29) is 11.6 Å². The SMILES string of the molecule is Cc1ccccc1C(Cc1ccc2ccccc2n1)Cc1onc(C)c1[N+](=O)[O-]. The van der Waals surface area contributed by atoms with Gasteiger partial charge in [-0.2, -0.15) is 0 Å². The molecule has 4 rings (SSSR count). The van der Waals surface area contributed by atoms with Gasteiger partial charge in [-0.3, -0.25) is 15.1 Å². The summed E-state index contributed by atoms with van der Waals surface area (Å²) in [6, 6.07) is 20.2. The van der Waals surface area contributed by atoms with Crippen LogP contribution in [0.15, 0.2) is 65.2 Å². The summed E-state index contributed by atoms with van der Waals surface area (Å²) in [6.07, 6.45) is 1.03. The zero-order valence-corrected chi connectivity index (χ0v) is 16.3. The second-order valence-electron chi connectivity index (χ2n) is 7.25. The number of rotatable bonds is 6. The molecular formula is C23H21N3O3. The number of hydrogen-bond acceptors (Lipinski definition) is 5. The number of aromatic nitrogens is 2. The van der Waals surface area contributed by atoms with Crippen molar-refractivity contribution in [3.63, 3.8) is 0 Å². The van der Waals surface area contributed by atoms with Gasteiger partial charge in [-0.05, 0) is 49.4 Å². The molecule has 0 saturated carbocycles. The third kappa shape index (κ3) is 3.87. The van der Waals surface area contributed by atoms with Crippen LogP contribution in [0.25, 0.3) is 10.9 Å². The Balaban J connectivity index is 1.72. The molecule has 0 radical (unpaired) electrons. The van der Waals surface area contributed by atoms with Gasteiger partial charge < -0.3 is 4.52 Å². The summed E-state index contributed by atoms with van der Waals surface area (Å²) in [6.45, 7) is 3.65. The van der Waals surface area contributed by atoms with Crippen LogP contribution >= 0.6 is 0 Å². The Labute approximate surface area is 168 Å². The van der Waals surface area contributed by atoms with Gasteiger partial charge in [0, 0.05) is 17.5 Å². The number of nitrogens with zero attached hydrogens (tertiary/aromatic N) is 3. The monoisotopic (exact) mass is 387 g/mol. The first-order valence-corrected chi connectivity index (χ1v) is 9.52. The van der Waals surface area contributed by atoms with Crippen LogP contribution in [0.2, 0.25) is 0 Å². The molecule has 2 aromatic carbocycles. The molecule has 2 heterocycles. The van der Waals surface area contributed by atoms with Crippen molar-refractivity contribution < 1.29 is 9.45 Å². The number of benzene rings is 2. The summed E-state index contributed by atoms with van der Waals surface area (Å²) in [5, 5.41) is 16.4. The second kappa shape index (κ2) is 7.83. The van der Waals surface area contributed by atoms with Crippen molar-refractivity contribution in [1.29, 1.82) is 0 Å². The topological polar surface area (TPSA) is 82.1 Å². The molecule has 0 spiro atoms. The Morgan fingerprint density at radius 1 is 1.00 bits per heavy atom. The molecule has 0 bridgehead atoms. The van der Waals surface area contributed by atoms with Gasteiger partial charge in [-0.25, -0.2) is 0 Å². The Morgan fingerprint density at radius 3 is 2.55 bits per heavy atom. The second-order valence-corrected chi connectivity index (χ2v) is 7.25. The van der Waals surface area contributed by atoms with Gasteiger partial charge >= 0.3 is 5.69 Å². The zero-order chi connectivity index (χ0) is 20.4. The predicted octanol–water partition coefficient (Wildman–Crippen LogP) is 5.32. The molecule has 0 aliphatic rings. The van der Waals surface area contributed by atoms with Crippen LogP contribution in [0.5, 0.6) is 0 Å². The molecule has 146 valence electrons. The number of fused-ring (bicyclic) bond motifs is 1. The molecule has 0 N–H and O–H groups in total. The van der Waals surface area contributed by atoms with Crippen molar-refractivity contribution in [3.05, 3.63) is 99.1 Å². The van der Waals surface area contributed by atoms with E-state index in [1.807, 2.05) is 42.5 Å². The van der Waals surface area contributed by atoms with Gasteiger partial charge in [0.15, 0.2) is 5.69 Å². The van der Waals surface area contributed by atoms with Crippen molar-refractivity contribution in [2.45, 2.75) is 32.6 Å². The fourth-order valence-corrected chi connectivity index (χ4v) is 3.81. The molecule has 2 aromatic heterocycles. The summed E-state index contributed by atoms with van der Waals surface area (Å²) < 4.78 is 5.34. The Hall–Kier alpha value is -3.54. The highest BCUT2D eigenvalue weighted by molar-refractivity contribution is 5.78. The lowest BCUT2D eigenvalue weighted by Gasteiger charge is -2.18. The quantitative estimate of drug-likeness (QED) is 0.330. The molecule has 1 unspecified atom stereocenters. The summed E-state index contributed by atoms with van der Waals surface area (Å²) in [5.41, 5.74) is 4.42. The van der Waals surface area contributed by atoms with E-state index in [1.54, 1.807) is 6.92 Å².